The first-order valence-corrected chi connectivity index (χ1v) is 7.51. The van der Waals surface area contributed by atoms with Crippen LogP contribution in [0.3, 0.4) is 0 Å². The zero-order chi connectivity index (χ0) is 14.4. The Kier molecular flexibility index (Phi) is 5.12. The fourth-order valence-corrected chi connectivity index (χ4v) is 2.93. The second kappa shape index (κ2) is 6.84. The van der Waals surface area contributed by atoms with Gasteiger partial charge in [0.15, 0.2) is 0 Å². The molecule has 2 heterocycles. The van der Waals surface area contributed by atoms with Crippen LogP contribution in [0.4, 0.5) is 5.82 Å². The Morgan fingerprint density at radius 3 is 2.60 bits per heavy atom. The van der Waals surface area contributed by atoms with E-state index in [1.54, 1.807) is 0 Å². The molecule has 0 aliphatic carbocycles. The van der Waals surface area contributed by atoms with Crippen molar-refractivity contribution in [2.75, 3.05) is 37.6 Å². The molecule has 2 rings (SSSR count). The number of anilines is 1. The topological polar surface area (TPSA) is 36.4 Å². The highest BCUT2D eigenvalue weighted by Crippen LogP contribution is 2.23. The zero-order valence-electron chi connectivity index (χ0n) is 12.6. The van der Waals surface area contributed by atoms with Gasteiger partial charge in [-0.1, -0.05) is 26.3 Å². The van der Waals surface area contributed by atoms with Crippen molar-refractivity contribution >= 4 is 12.1 Å². The summed E-state index contributed by atoms with van der Waals surface area (Å²) in [6.45, 7) is 9.07. The Morgan fingerprint density at radius 2 is 2.05 bits per heavy atom. The van der Waals surface area contributed by atoms with Crippen molar-refractivity contribution in [3.05, 3.63) is 24.4 Å². The van der Waals surface area contributed by atoms with Crippen LogP contribution in [-0.4, -0.2) is 48.9 Å². The van der Waals surface area contributed by atoms with Gasteiger partial charge in [-0.15, -0.1) is 0 Å². The van der Waals surface area contributed by atoms with Crippen LogP contribution in [-0.2, 0) is 4.79 Å². The highest BCUT2D eigenvalue weighted by molar-refractivity contribution is 5.59. The fraction of sp³-hybridized carbons (Fsp3) is 0.625. The molecule has 1 fully saturated rings. The molecule has 4 heteroatoms. The maximum atomic E-state index is 11.3. The van der Waals surface area contributed by atoms with E-state index in [0.717, 1.165) is 57.7 Å². The largest absolute Gasteiger partial charge is 0.354 e. The van der Waals surface area contributed by atoms with Gasteiger partial charge in [-0.25, -0.2) is 4.98 Å². The van der Waals surface area contributed by atoms with E-state index in [0.29, 0.717) is 0 Å². The summed E-state index contributed by atoms with van der Waals surface area (Å²) >= 11 is 0. The Hall–Kier alpha value is -1.42. The van der Waals surface area contributed by atoms with Crippen LogP contribution < -0.4 is 4.90 Å². The van der Waals surface area contributed by atoms with E-state index in [9.17, 15) is 4.79 Å². The molecule has 110 valence electrons. The van der Waals surface area contributed by atoms with E-state index in [1.807, 2.05) is 18.3 Å². The van der Waals surface area contributed by atoms with E-state index in [-0.39, 0.29) is 5.41 Å². The van der Waals surface area contributed by atoms with Crippen molar-refractivity contribution in [1.82, 2.24) is 9.88 Å². The number of piperazine rings is 1. The highest BCUT2D eigenvalue weighted by Gasteiger charge is 2.28. The van der Waals surface area contributed by atoms with E-state index in [2.05, 4.69) is 34.7 Å². The Morgan fingerprint density at radius 1 is 1.30 bits per heavy atom. The lowest BCUT2D eigenvalue weighted by atomic mass is 9.86. The third-order valence-electron chi connectivity index (χ3n) is 4.04. The number of rotatable bonds is 6. The highest BCUT2D eigenvalue weighted by atomic mass is 16.1. The lowest BCUT2D eigenvalue weighted by molar-refractivity contribution is -0.116. The van der Waals surface area contributed by atoms with Gasteiger partial charge in [0, 0.05) is 44.3 Å². The second-order valence-corrected chi connectivity index (χ2v) is 5.97. The third kappa shape index (κ3) is 3.79. The maximum Gasteiger partial charge on any atom is 0.128 e. The summed E-state index contributed by atoms with van der Waals surface area (Å²) in [7, 11) is 0. The van der Waals surface area contributed by atoms with Crippen molar-refractivity contribution in [3.8, 4) is 0 Å². The molecule has 20 heavy (non-hydrogen) atoms. The minimum atomic E-state index is -0.193. The minimum absolute atomic E-state index is 0.193. The average Bonchev–Trinajstić information content (AvgIpc) is 2.49. The maximum absolute atomic E-state index is 11.3. The molecule has 1 unspecified atom stereocenters. The monoisotopic (exact) mass is 275 g/mol. The molecule has 1 saturated heterocycles. The minimum Gasteiger partial charge on any atom is -0.354 e. The average molecular weight is 275 g/mol. The van der Waals surface area contributed by atoms with Crippen molar-refractivity contribution in [3.63, 3.8) is 0 Å². The molecule has 1 aliphatic heterocycles. The van der Waals surface area contributed by atoms with Crippen LogP contribution in [0.25, 0.3) is 0 Å². The smallest absolute Gasteiger partial charge is 0.128 e. The summed E-state index contributed by atoms with van der Waals surface area (Å²) < 4.78 is 0. The lowest BCUT2D eigenvalue weighted by Crippen LogP contribution is -2.50. The van der Waals surface area contributed by atoms with E-state index >= 15 is 0 Å². The summed E-state index contributed by atoms with van der Waals surface area (Å²) in [6.07, 6.45) is 5.01. The number of pyridine rings is 1. The van der Waals surface area contributed by atoms with Gasteiger partial charge in [-0.3, -0.25) is 4.90 Å². The van der Waals surface area contributed by atoms with Crippen LogP contribution in [0.5, 0.6) is 0 Å². The van der Waals surface area contributed by atoms with Crippen LogP contribution in [0, 0.1) is 5.41 Å². The van der Waals surface area contributed by atoms with Crippen LogP contribution in [0.2, 0.25) is 0 Å². The van der Waals surface area contributed by atoms with Crippen molar-refractivity contribution in [2.24, 2.45) is 5.41 Å². The summed E-state index contributed by atoms with van der Waals surface area (Å²) in [5.41, 5.74) is -0.193. The Bertz CT molecular complexity index is 415. The normalized spacial score (nSPS) is 19.6. The molecule has 1 aliphatic rings. The summed E-state index contributed by atoms with van der Waals surface area (Å²) in [5, 5.41) is 0. The Labute approximate surface area is 121 Å². The number of carbonyl (C=O) groups excluding carboxylic acids is 1. The SMILES string of the molecule is CCCC(C)(C=O)CN1CCN(c2ccccn2)CC1. The first-order valence-electron chi connectivity index (χ1n) is 7.51. The molecule has 0 saturated carbocycles. The molecule has 1 aromatic heterocycles. The summed E-state index contributed by atoms with van der Waals surface area (Å²) in [4.78, 5) is 20.4. The van der Waals surface area contributed by atoms with Crippen molar-refractivity contribution in [2.45, 2.75) is 26.7 Å². The fourth-order valence-electron chi connectivity index (χ4n) is 2.93. The third-order valence-corrected chi connectivity index (χ3v) is 4.04. The standard InChI is InChI=1S/C16H25N3O/c1-3-7-16(2,14-20)13-18-9-11-19(12-10-18)15-6-4-5-8-17-15/h4-6,8,14H,3,7,9-13H2,1-2H3. The molecule has 1 atom stereocenters. The van der Waals surface area contributed by atoms with E-state index < -0.39 is 0 Å². The summed E-state index contributed by atoms with van der Waals surface area (Å²) in [5.74, 6) is 1.05. The predicted octanol–water partition coefficient (Wildman–Crippen LogP) is 2.21. The number of aldehydes is 1. The van der Waals surface area contributed by atoms with Gasteiger partial charge in [0.2, 0.25) is 0 Å². The van der Waals surface area contributed by atoms with Gasteiger partial charge in [0.1, 0.15) is 12.1 Å². The molecular weight excluding hydrogens is 250 g/mol. The van der Waals surface area contributed by atoms with Crippen molar-refractivity contribution in [1.29, 1.82) is 0 Å². The quantitative estimate of drug-likeness (QED) is 0.746. The lowest BCUT2D eigenvalue weighted by Gasteiger charge is -2.38. The molecule has 0 aromatic carbocycles. The van der Waals surface area contributed by atoms with Crippen LogP contribution in [0.15, 0.2) is 24.4 Å². The predicted molar refractivity (Wildman–Crippen MR) is 82.0 cm³/mol. The molecule has 1 aromatic rings. The van der Waals surface area contributed by atoms with Crippen LogP contribution >= 0.6 is 0 Å². The molecule has 0 N–H and O–H groups in total. The van der Waals surface area contributed by atoms with Crippen molar-refractivity contribution < 1.29 is 4.79 Å². The molecule has 0 spiro atoms. The van der Waals surface area contributed by atoms with Gasteiger partial charge in [0.25, 0.3) is 0 Å². The number of hydrogen-bond acceptors (Lipinski definition) is 4. The van der Waals surface area contributed by atoms with Gasteiger partial charge < -0.3 is 9.69 Å². The number of hydrogen-bond donors (Lipinski definition) is 0. The number of nitrogens with zero attached hydrogens (tertiary/aromatic N) is 3. The molecule has 4 nitrogen and oxygen atoms in total. The zero-order valence-corrected chi connectivity index (χ0v) is 12.6. The second-order valence-electron chi connectivity index (χ2n) is 5.97. The van der Waals surface area contributed by atoms with E-state index in [4.69, 9.17) is 0 Å². The molecular formula is C16H25N3O. The van der Waals surface area contributed by atoms with Gasteiger partial charge in [0.05, 0.1) is 0 Å². The number of carbonyl (C=O) groups is 1. The first-order chi connectivity index (χ1) is 9.67. The van der Waals surface area contributed by atoms with E-state index in [1.165, 1.54) is 0 Å². The first kappa shape index (κ1) is 15.0. The van der Waals surface area contributed by atoms with Crippen LogP contribution in [0.1, 0.15) is 26.7 Å². The molecule has 0 radical (unpaired) electrons. The van der Waals surface area contributed by atoms with Gasteiger partial charge >= 0.3 is 0 Å². The molecule has 0 amide bonds. The number of aromatic nitrogens is 1. The molecule has 0 bridgehead atoms. The Balaban J connectivity index is 1.87. The van der Waals surface area contributed by atoms with Gasteiger partial charge in [-0.05, 0) is 18.6 Å². The van der Waals surface area contributed by atoms with Gasteiger partial charge in [-0.2, -0.15) is 0 Å². The summed E-state index contributed by atoms with van der Waals surface area (Å²) in [6, 6.07) is 6.03.